The van der Waals surface area contributed by atoms with Gasteiger partial charge in [-0.05, 0) is 133 Å². The van der Waals surface area contributed by atoms with Crippen LogP contribution < -0.4 is 0 Å². The number of benzene rings is 3. The zero-order chi connectivity index (χ0) is 40.3. The molecule has 4 aliphatic rings. The highest BCUT2D eigenvalue weighted by Gasteiger charge is 2.24. The quantitative estimate of drug-likeness (QED) is 0.253. The summed E-state index contributed by atoms with van der Waals surface area (Å²) in [6, 6.07) is 22.1. The van der Waals surface area contributed by atoms with Crippen LogP contribution in [0.5, 0.6) is 0 Å². The number of hydrogen-bond donors (Lipinski definition) is 2. The number of carbonyl (C=O) groups is 2. The molecule has 0 heterocycles. The molecule has 0 spiro atoms. The predicted octanol–water partition coefficient (Wildman–Crippen LogP) is 14.1. The van der Waals surface area contributed by atoms with Crippen molar-refractivity contribution in [2.75, 3.05) is 0 Å². The summed E-state index contributed by atoms with van der Waals surface area (Å²) in [7, 11) is 0. The molecule has 2 N–H and O–H groups in total. The van der Waals surface area contributed by atoms with E-state index < -0.39 is 11.9 Å². The Morgan fingerprint density at radius 1 is 0.519 bits per heavy atom. The van der Waals surface area contributed by atoms with Crippen molar-refractivity contribution in [2.24, 2.45) is 5.92 Å². The van der Waals surface area contributed by atoms with E-state index in [1.54, 1.807) is 11.1 Å². The molecule has 54 heavy (non-hydrogen) atoms. The van der Waals surface area contributed by atoms with Crippen LogP contribution in [0.3, 0.4) is 0 Å². The molecular weight excluding hydrogens is 665 g/mol. The van der Waals surface area contributed by atoms with Crippen LogP contribution >= 0.6 is 0 Å². The van der Waals surface area contributed by atoms with Crippen molar-refractivity contribution in [1.29, 1.82) is 0 Å². The molecule has 1 saturated carbocycles. The minimum absolute atomic E-state index is 0.229. The fourth-order valence-electron chi connectivity index (χ4n) is 8.37. The number of carboxylic acids is 2. The lowest BCUT2D eigenvalue weighted by atomic mass is 9.79. The SMILES string of the molecule is CC.CC.CC.CC.CCc1ccc2c(c1)CCCC2CC(=O)O.O=C(O)CC1CCCc2cc(CC3CCCCC3)ccc21.c1ccc2c(c1)CCC2. The average Bonchev–Trinajstić information content (AvgIpc) is 3.71. The summed E-state index contributed by atoms with van der Waals surface area (Å²) in [4.78, 5) is 21.8. The lowest BCUT2D eigenvalue weighted by Gasteiger charge is -2.26. The van der Waals surface area contributed by atoms with E-state index in [-0.39, 0.29) is 24.7 Å². The van der Waals surface area contributed by atoms with E-state index in [0.717, 1.165) is 50.9 Å². The normalized spacial score (nSPS) is 17.6. The van der Waals surface area contributed by atoms with Gasteiger partial charge in [0.2, 0.25) is 0 Å². The molecule has 7 rings (SSSR count). The third-order valence-electron chi connectivity index (χ3n) is 10.8. The van der Waals surface area contributed by atoms with Gasteiger partial charge in [-0.1, -0.05) is 155 Å². The molecule has 4 heteroatoms. The maximum atomic E-state index is 11.0. The van der Waals surface area contributed by atoms with Gasteiger partial charge in [0.15, 0.2) is 0 Å². The van der Waals surface area contributed by atoms with Gasteiger partial charge >= 0.3 is 11.9 Å². The van der Waals surface area contributed by atoms with Crippen LogP contribution in [-0.4, -0.2) is 22.2 Å². The molecule has 3 aromatic carbocycles. The van der Waals surface area contributed by atoms with E-state index >= 15 is 0 Å². The van der Waals surface area contributed by atoms with Crippen LogP contribution in [0.15, 0.2) is 60.7 Å². The first kappa shape index (κ1) is 48.6. The van der Waals surface area contributed by atoms with Crippen LogP contribution in [0.1, 0.15) is 196 Å². The number of aliphatic carboxylic acids is 2. The van der Waals surface area contributed by atoms with Gasteiger partial charge in [0.25, 0.3) is 0 Å². The Labute approximate surface area is 331 Å². The van der Waals surface area contributed by atoms with Crippen LogP contribution in [0, 0.1) is 5.92 Å². The zero-order valence-corrected chi connectivity index (χ0v) is 35.9. The Balaban J connectivity index is 0.000000390. The van der Waals surface area contributed by atoms with Gasteiger partial charge in [0.1, 0.15) is 0 Å². The molecule has 3 aromatic rings. The molecule has 0 bridgehead atoms. The predicted molar refractivity (Wildman–Crippen MR) is 232 cm³/mol. The van der Waals surface area contributed by atoms with Crippen LogP contribution in [0.2, 0.25) is 0 Å². The van der Waals surface area contributed by atoms with E-state index in [9.17, 15) is 9.59 Å². The van der Waals surface area contributed by atoms with Gasteiger partial charge < -0.3 is 10.2 Å². The lowest BCUT2D eigenvalue weighted by molar-refractivity contribution is -0.138. The highest BCUT2D eigenvalue weighted by atomic mass is 16.4. The van der Waals surface area contributed by atoms with Crippen molar-refractivity contribution in [3.63, 3.8) is 0 Å². The number of rotatable bonds is 7. The molecule has 0 amide bonds. The summed E-state index contributed by atoms with van der Waals surface area (Å²) < 4.78 is 0. The van der Waals surface area contributed by atoms with Crippen molar-refractivity contribution < 1.29 is 19.8 Å². The van der Waals surface area contributed by atoms with Gasteiger partial charge in [0.05, 0.1) is 12.8 Å². The molecule has 0 aromatic heterocycles. The van der Waals surface area contributed by atoms with Crippen molar-refractivity contribution in [3.05, 3.63) is 105 Å². The average molecular weight is 743 g/mol. The molecule has 2 unspecified atom stereocenters. The summed E-state index contributed by atoms with van der Waals surface area (Å²) in [6.07, 6.45) is 20.3. The maximum absolute atomic E-state index is 11.0. The highest BCUT2D eigenvalue weighted by Crippen LogP contribution is 2.36. The second-order valence-electron chi connectivity index (χ2n) is 14.1. The minimum atomic E-state index is -0.683. The molecule has 1 fully saturated rings. The summed E-state index contributed by atoms with van der Waals surface area (Å²) in [5.74, 6) is -0.0195. The third kappa shape index (κ3) is 16.5. The molecule has 0 radical (unpaired) electrons. The van der Waals surface area contributed by atoms with Gasteiger partial charge in [0, 0.05) is 0 Å². The molecule has 4 nitrogen and oxygen atoms in total. The number of aryl methyl sites for hydroxylation is 5. The summed E-state index contributed by atoms with van der Waals surface area (Å²) in [5, 5.41) is 18.0. The Hall–Kier alpha value is -3.40. The van der Waals surface area contributed by atoms with Crippen molar-refractivity contribution >= 4 is 11.9 Å². The second-order valence-corrected chi connectivity index (χ2v) is 14.1. The van der Waals surface area contributed by atoms with Crippen molar-refractivity contribution in [1.82, 2.24) is 0 Å². The van der Waals surface area contributed by atoms with Crippen molar-refractivity contribution in [3.8, 4) is 0 Å². The monoisotopic (exact) mass is 743 g/mol. The molecule has 0 aliphatic heterocycles. The Morgan fingerprint density at radius 2 is 0.944 bits per heavy atom. The Morgan fingerprint density at radius 3 is 1.39 bits per heavy atom. The van der Waals surface area contributed by atoms with E-state index in [1.807, 2.05) is 55.4 Å². The zero-order valence-electron chi connectivity index (χ0n) is 35.9. The summed E-state index contributed by atoms with van der Waals surface area (Å²) in [6.45, 7) is 18.2. The molecule has 302 valence electrons. The molecular formula is C50H78O4. The first-order chi connectivity index (χ1) is 26.4. The van der Waals surface area contributed by atoms with Gasteiger partial charge in [-0.25, -0.2) is 0 Å². The van der Waals surface area contributed by atoms with Gasteiger partial charge in [-0.3, -0.25) is 9.59 Å². The maximum Gasteiger partial charge on any atom is 0.303 e. The van der Waals surface area contributed by atoms with Gasteiger partial charge in [-0.15, -0.1) is 0 Å². The number of fused-ring (bicyclic) bond motifs is 3. The second kappa shape index (κ2) is 29.0. The van der Waals surface area contributed by atoms with Crippen LogP contribution in [0.4, 0.5) is 0 Å². The molecule has 4 aliphatic carbocycles. The first-order valence-corrected chi connectivity index (χ1v) is 22.1. The third-order valence-corrected chi connectivity index (χ3v) is 10.8. The molecule has 0 saturated heterocycles. The highest BCUT2D eigenvalue weighted by molar-refractivity contribution is 5.68. The largest absolute Gasteiger partial charge is 0.481 e. The Bertz CT molecular complexity index is 1430. The first-order valence-electron chi connectivity index (χ1n) is 22.1. The van der Waals surface area contributed by atoms with E-state index in [0.29, 0.717) is 0 Å². The lowest BCUT2D eigenvalue weighted by Crippen LogP contribution is -2.15. The summed E-state index contributed by atoms with van der Waals surface area (Å²) in [5.41, 5.74) is 11.3. The summed E-state index contributed by atoms with van der Waals surface area (Å²) >= 11 is 0. The van der Waals surface area contributed by atoms with Gasteiger partial charge in [-0.2, -0.15) is 0 Å². The number of hydrogen-bond acceptors (Lipinski definition) is 2. The smallest absolute Gasteiger partial charge is 0.303 e. The fourth-order valence-corrected chi connectivity index (χ4v) is 8.37. The van der Waals surface area contributed by atoms with E-state index in [2.05, 4.69) is 67.6 Å². The standard InChI is InChI=1S/C19H26O2.C14H18O2.C9H10.4C2H6/c20-19(21)13-17-8-4-7-16-12-15(9-10-18(16)17)11-14-5-2-1-3-6-14;1-2-10-6-7-13-11(8-10)4-3-5-12(13)9-14(15)16;1-2-5-9-7-3-6-8(9)4-1;4*1-2/h9-10,12,14,17H,1-8,11,13H2,(H,20,21);6-8,12H,2-5,9H2,1H3,(H,15,16);1-2,4-5H,3,6-7H2;4*1-2H3. The van der Waals surface area contributed by atoms with E-state index in [1.165, 1.54) is 91.2 Å². The van der Waals surface area contributed by atoms with Crippen LogP contribution in [-0.2, 0) is 48.1 Å². The number of carboxylic acid groups (broad SMARTS) is 2. The van der Waals surface area contributed by atoms with Crippen molar-refractivity contribution in [2.45, 2.75) is 190 Å². The Kier molecular flexibility index (Phi) is 26.1. The fraction of sp³-hybridized carbons (Fsp3) is 0.600. The van der Waals surface area contributed by atoms with E-state index in [4.69, 9.17) is 10.2 Å². The molecule has 2 atom stereocenters. The topological polar surface area (TPSA) is 74.6 Å². The minimum Gasteiger partial charge on any atom is -0.481 e. The van der Waals surface area contributed by atoms with Crippen LogP contribution in [0.25, 0.3) is 0 Å².